The summed E-state index contributed by atoms with van der Waals surface area (Å²) in [7, 11) is 0. The predicted molar refractivity (Wildman–Crippen MR) is 111 cm³/mol. The highest BCUT2D eigenvalue weighted by molar-refractivity contribution is 6.31. The summed E-state index contributed by atoms with van der Waals surface area (Å²) in [5.74, 6) is -0.321. The second-order valence-electron chi connectivity index (χ2n) is 6.32. The summed E-state index contributed by atoms with van der Waals surface area (Å²) in [6.07, 6.45) is 2.78. The van der Waals surface area contributed by atoms with Crippen LogP contribution in [0.25, 0.3) is 16.7 Å². The third-order valence-electron chi connectivity index (χ3n) is 4.37. The van der Waals surface area contributed by atoms with E-state index in [1.54, 1.807) is 35.0 Å². The van der Waals surface area contributed by atoms with Gasteiger partial charge in [-0.25, -0.2) is 9.67 Å². The van der Waals surface area contributed by atoms with Gasteiger partial charge >= 0.3 is 0 Å². The van der Waals surface area contributed by atoms with Crippen molar-refractivity contribution in [3.8, 4) is 5.69 Å². The third kappa shape index (κ3) is 4.01. The number of amides is 1. The van der Waals surface area contributed by atoms with Crippen LogP contribution in [-0.2, 0) is 17.9 Å². The van der Waals surface area contributed by atoms with Crippen molar-refractivity contribution in [3.05, 3.63) is 87.0 Å². The molecular formula is C20H15Cl2N5O2. The zero-order chi connectivity index (χ0) is 20.4. The Morgan fingerprint density at radius 3 is 2.59 bits per heavy atom. The van der Waals surface area contributed by atoms with Crippen LogP contribution >= 0.6 is 23.2 Å². The molecule has 2 aromatic heterocycles. The van der Waals surface area contributed by atoms with Gasteiger partial charge in [-0.2, -0.15) is 5.10 Å². The molecule has 0 aliphatic heterocycles. The SMILES string of the molecule is O=C(Cn1cnc2c(cnn2-c2ccc(Cl)cc2)c1=O)NCc1ccccc1Cl. The lowest BCUT2D eigenvalue weighted by atomic mass is 10.2. The average molecular weight is 428 g/mol. The van der Waals surface area contributed by atoms with Crippen LogP contribution in [0.3, 0.4) is 0 Å². The number of hydrogen-bond donors (Lipinski definition) is 1. The average Bonchev–Trinajstić information content (AvgIpc) is 3.15. The predicted octanol–water partition coefficient (Wildman–Crippen LogP) is 3.21. The number of nitrogens with one attached hydrogen (secondary N) is 1. The second-order valence-corrected chi connectivity index (χ2v) is 7.16. The Morgan fingerprint density at radius 1 is 1.07 bits per heavy atom. The van der Waals surface area contributed by atoms with Gasteiger partial charge in [-0.15, -0.1) is 0 Å². The first-order chi connectivity index (χ1) is 14.0. The molecule has 0 atom stereocenters. The molecule has 0 spiro atoms. The smallest absolute Gasteiger partial charge is 0.264 e. The van der Waals surface area contributed by atoms with Crippen LogP contribution in [0.4, 0.5) is 0 Å². The van der Waals surface area contributed by atoms with Crippen LogP contribution in [0.5, 0.6) is 0 Å². The lowest BCUT2D eigenvalue weighted by Gasteiger charge is -2.09. The van der Waals surface area contributed by atoms with Crippen molar-refractivity contribution in [1.82, 2.24) is 24.6 Å². The monoisotopic (exact) mass is 427 g/mol. The first kappa shape index (κ1) is 19.2. The number of aromatic nitrogens is 4. The molecule has 0 unspecified atom stereocenters. The minimum Gasteiger partial charge on any atom is -0.350 e. The highest BCUT2D eigenvalue weighted by Crippen LogP contribution is 2.17. The zero-order valence-electron chi connectivity index (χ0n) is 15.0. The van der Waals surface area contributed by atoms with Crippen molar-refractivity contribution in [3.63, 3.8) is 0 Å². The van der Waals surface area contributed by atoms with E-state index in [1.807, 2.05) is 18.2 Å². The molecule has 0 fully saturated rings. The van der Waals surface area contributed by atoms with Crippen LogP contribution in [0, 0.1) is 0 Å². The van der Waals surface area contributed by atoms with Crippen LogP contribution < -0.4 is 10.9 Å². The number of carbonyl (C=O) groups excluding carboxylic acids is 1. The molecule has 1 N–H and O–H groups in total. The molecule has 2 aromatic carbocycles. The summed E-state index contributed by atoms with van der Waals surface area (Å²) in [4.78, 5) is 29.3. The van der Waals surface area contributed by atoms with Crippen molar-refractivity contribution < 1.29 is 4.79 Å². The van der Waals surface area contributed by atoms with Crippen LogP contribution in [0.15, 0.2) is 65.8 Å². The van der Waals surface area contributed by atoms with Gasteiger partial charge in [0, 0.05) is 16.6 Å². The third-order valence-corrected chi connectivity index (χ3v) is 4.99. The number of benzene rings is 2. The lowest BCUT2D eigenvalue weighted by molar-refractivity contribution is -0.121. The molecule has 29 heavy (non-hydrogen) atoms. The van der Waals surface area contributed by atoms with Gasteiger partial charge in [-0.3, -0.25) is 14.2 Å². The number of hydrogen-bond acceptors (Lipinski definition) is 4. The van der Waals surface area contributed by atoms with E-state index in [4.69, 9.17) is 23.2 Å². The molecule has 4 rings (SSSR count). The standard InChI is InChI=1S/C20H15Cl2N5O2/c21-14-5-7-15(8-6-14)27-19-16(10-25-27)20(29)26(12-24-19)11-18(28)23-9-13-3-1-2-4-17(13)22/h1-8,10,12H,9,11H2,(H,23,28). The molecule has 2 heterocycles. The van der Waals surface area contributed by atoms with E-state index >= 15 is 0 Å². The summed E-state index contributed by atoms with van der Waals surface area (Å²) >= 11 is 12.0. The first-order valence-corrected chi connectivity index (χ1v) is 9.48. The fourth-order valence-corrected chi connectivity index (χ4v) is 3.21. The van der Waals surface area contributed by atoms with Gasteiger partial charge in [0.25, 0.3) is 5.56 Å². The van der Waals surface area contributed by atoms with Crippen LogP contribution in [0.2, 0.25) is 10.0 Å². The van der Waals surface area contributed by atoms with Crippen molar-refractivity contribution in [2.45, 2.75) is 13.1 Å². The highest BCUT2D eigenvalue weighted by atomic mass is 35.5. The van der Waals surface area contributed by atoms with Crippen LogP contribution in [-0.4, -0.2) is 25.2 Å². The minimum atomic E-state index is -0.344. The summed E-state index contributed by atoms with van der Waals surface area (Å²) in [6.45, 7) is 0.121. The molecule has 0 radical (unpaired) electrons. The van der Waals surface area contributed by atoms with Gasteiger partial charge in [-0.1, -0.05) is 41.4 Å². The number of rotatable bonds is 5. The molecule has 0 aliphatic rings. The second kappa shape index (κ2) is 8.06. The molecule has 0 saturated heterocycles. The molecule has 146 valence electrons. The van der Waals surface area contributed by atoms with E-state index < -0.39 is 0 Å². The highest BCUT2D eigenvalue weighted by Gasteiger charge is 2.13. The summed E-state index contributed by atoms with van der Waals surface area (Å²) < 4.78 is 2.80. The van der Waals surface area contributed by atoms with Crippen molar-refractivity contribution >= 4 is 40.1 Å². The van der Waals surface area contributed by atoms with E-state index in [1.165, 1.54) is 17.1 Å². The molecule has 0 aliphatic carbocycles. The van der Waals surface area contributed by atoms with Crippen molar-refractivity contribution in [2.75, 3.05) is 0 Å². The molecule has 9 heteroatoms. The Bertz CT molecular complexity index is 1250. The van der Waals surface area contributed by atoms with E-state index in [0.717, 1.165) is 11.3 Å². The maximum Gasteiger partial charge on any atom is 0.264 e. The molecule has 4 aromatic rings. The Balaban J connectivity index is 1.53. The topological polar surface area (TPSA) is 81.8 Å². The molecule has 0 saturated carbocycles. The van der Waals surface area contributed by atoms with Gasteiger partial charge in [0.05, 0.1) is 11.9 Å². The Kier molecular flexibility index (Phi) is 5.33. The number of nitrogens with zero attached hydrogens (tertiary/aromatic N) is 4. The zero-order valence-corrected chi connectivity index (χ0v) is 16.6. The quantitative estimate of drug-likeness (QED) is 0.530. The molecule has 7 nitrogen and oxygen atoms in total. The van der Waals surface area contributed by atoms with Gasteiger partial charge in [0.2, 0.25) is 5.91 Å². The van der Waals surface area contributed by atoms with E-state index in [0.29, 0.717) is 21.1 Å². The van der Waals surface area contributed by atoms with E-state index in [9.17, 15) is 9.59 Å². The maximum absolute atomic E-state index is 12.7. The van der Waals surface area contributed by atoms with Gasteiger partial charge in [0.1, 0.15) is 18.3 Å². The summed E-state index contributed by atoms with van der Waals surface area (Å²) in [5, 5.41) is 8.49. The largest absolute Gasteiger partial charge is 0.350 e. The lowest BCUT2D eigenvalue weighted by Crippen LogP contribution is -2.32. The Labute approximate surface area is 175 Å². The summed E-state index contributed by atoms with van der Waals surface area (Å²) in [5.41, 5.74) is 1.59. The fourth-order valence-electron chi connectivity index (χ4n) is 2.88. The normalized spacial score (nSPS) is 11.0. The van der Waals surface area contributed by atoms with Gasteiger partial charge in [0.15, 0.2) is 5.65 Å². The maximum atomic E-state index is 12.7. The van der Waals surface area contributed by atoms with Crippen molar-refractivity contribution in [2.24, 2.45) is 0 Å². The van der Waals surface area contributed by atoms with Crippen LogP contribution in [0.1, 0.15) is 5.56 Å². The van der Waals surface area contributed by atoms with E-state index in [2.05, 4.69) is 15.4 Å². The van der Waals surface area contributed by atoms with E-state index in [-0.39, 0.29) is 24.6 Å². The molecular weight excluding hydrogens is 413 g/mol. The molecule has 1 amide bonds. The van der Waals surface area contributed by atoms with Crippen molar-refractivity contribution in [1.29, 1.82) is 0 Å². The number of halogens is 2. The van der Waals surface area contributed by atoms with Gasteiger partial charge < -0.3 is 5.32 Å². The fraction of sp³-hybridized carbons (Fsp3) is 0.100. The first-order valence-electron chi connectivity index (χ1n) is 8.72. The molecule has 0 bridgehead atoms. The van der Waals surface area contributed by atoms with Gasteiger partial charge in [-0.05, 0) is 35.9 Å². The summed E-state index contributed by atoms with van der Waals surface area (Å²) in [6, 6.07) is 14.3. The minimum absolute atomic E-state index is 0.154. The Morgan fingerprint density at radius 2 is 1.83 bits per heavy atom. The number of carbonyl (C=O) groups is 1. The Hall–Kier alpha value is -3.16. The number of fused-ring (bicyclic) bond motifs is 1.